The smallest absolute Gasteiger partial charge is 0.338 e. The fourth-order valence-electron chi connectivity index (χ4n) is 1.99. The van der Waals surface area contributed by atoms with Crippen LogP contribution in [-0.2, 0) is 11.3 Å². The predicted octanol–water partition coefficient (Wildman–Crippen LogP) is 4.02. The molecule has 0 N–H and O–H groups in total. The number of halogens is 1. The molecule has 2 rings (SSSR count). The minimum atomic E-state index is -0.557. The van der Waals surface area contributed by atoms with Gasteiger partial charge in [0.15, 0.2) is 5.78 Å². The Hall–Kier alpha value is -2.14. The van der Waals surface area contributed by atoms with E-state index >= 15 is 0 Å². The summed E-state index contributed by atoms with van der Waals surface area (Å²) in [6, 6.07) is 12.5. The Morgan fingerprint density at radius 2 is 1.86 bits per heavy atom. The minimum absolute atomic E-state index is 0.195. The Bertz CT molecular complexity index is 710. The van der Waals surface area contributed by atoms with Crippen LogP contribution in [0.3, 0.4) is 0 Å². The van der Waals surface area contributed by atoms with Crippen LogP contribution in [0.25, 0.3) is 0 Å². The van der Waals surface area contributed by atoms with Crippen LogP contribution in [0.2, 0.25) is 0 Å². The fourth-order valence-corrected chi connectivity index (χ4v) is 2.44. The maximum atomic E-state index is 11.8. The molecule has 0 aliphatic heterocycles. The maximum Gasteiger partial charge on any atom is 0.338 e. The minimum Gasteiger partial charge on any atom is -0.489 e. The topological polar surface area (TPSA) is 52.6 Å². The molecular formula is C17H15BrO4. The molecule has 4 nitrogen and oxygen atoms in total. The summed E-state index contributed by atoms with van der Waals surface area (Å²) in [5.41, 5.74) is 1.52. The zero-order valence-electron chi connectivity index (χ0n) is 12.3. The molecule has 0 saturated carbocycles. The van der Waals surface area contributed by atoms with E-state index in [1.54, 1.807) is 12.1 Å². The van der Waals surface area contributed by atoms with Crippen molar-refractivity contribution in [2.24, 2.45) is 0 Å². The lowest BCUT2D eigenvalue weighted by atomic mass is 10.0. The van der Waals surface area contributed by atoms with Crippen LogP contribution < -0.4 is 4.74 Å². The number of Topliss-reactive ketones (excluding diaryl/α,β-unsaturated/α-hetero) is 1. The van der Waals surface area contributed by atoms with Crippen LogP contribution in [0.15, 0.2) is 46.9 Å². The number of ether oxygens (including phenoxy) is 2. The van der Waals surface area contributed by atoms with Gasteiger partial charge in [0.25, 0.3) is 0 Å². The van der Waals surface area contributed by atoms with Gasteiger partial charge in [0, 0.05) is 10.0 Å². The number of benzene rings is 2. The fraction of sp³-hybridized carbons (Fsp3) is 0.176. The molecular weight excluding hydrogens is 348 g/mol. The van der Waals surface area contributed by atoms with Crippen molar-refractivity contribution >= 4 is 27.7 Å². The lowest BCUT2D eigenvalue weighted by Gasteiger charge is -2.10. The van der Waals surface area contributed by atoms with E-state index in [1.165, 1.54) is 20.1 Å². The first kappa shape index (κ1) is 16.2. The van der Waals surface area contributed by atoms with Crippen LogP contribution in [0.5, 0.6) is 5.75 Å². The van der Waals surface area contributed by atoms with Crippen LogP contribution in [0, 0.1) is 0 Å². The monoisotopic (exact) mass is 362 g/mol. The number of hydrogen-bond acceptors (Lipinski definition) is 4. The summed E-state index contributed by atoms with van der Waals surface area (Å²) >= 11 is 3.40. The van der Waals surface area contributed by atoms with Gasteiger partial charge < -0.3 is 9.47 Å². The van der Waals surface area contributed by atoms with Gasteiger partial charge in [0.2, 0.25) is 0 Å². The maximum absolute atomic E-state index is 11.8. The van der Waals surface area contributed by atoms with Crippen LogP contribution in [-0.4, -0.2) is 18.9 Å². The van der Waals surface area contributed by atoms with Gasteiger partial charge in [-0.1, -0.05) is 28.1 Å². The van der Waals surface area contributed by atoms with Gasteiger partial charge in [0.05, 0.1) is 12.7 Å². The van der Waals surface area contributed by atoms with E-state index in [0.717, 1.165) is 10.0 Å². The molecule has 0 heterocycles. The van der Waals surface area contributed by atoms with Crippen LogP contribution in [0.4, 0.5) is 0 Å². The van der Waals surface area contributed by atoms with E-state index in [4.69, 9.17) is 9.47 Å². The third-order valence-electron chi connectivity index (χ3n) is 3.07. The summed E-state index contributed by atoms with van der Waals surface area (Å²) in [5, 5.41) is 0. The lowest BCUT2D eigenvalue weighted by molar-refractivity contribution is 0.0596. The average Bonchev–Trinajstić information content (AvgIpc) is 2.51. The van der Waals surface area contributed by atoms with E-state index in [1.807, 2.05) is 24.3 Å². The molecule has 2 aromatic rings. The van der Waals surface area contributed by atoms with Gasteiger partial charge in [0.1, 0.15) is 12.4 Å². The van der Waals surface area contributed by atoms with E-state index in [0.29, 0.717) is 17.9 Å². The molecule has 2 aromatic carbocycles. The van der Waals surface area contributed by atoms with Crippen molar-refractivity contribution in [2.45, 2.75) is 13.5 Å². The summed E-state index contributed by atoms with van der Waals surface area (Å²) in [7, 11) is 1.28. The van der Waals surface area contributed by atoms with Crippen molar-refractivity contribution in [1.29, 1.82) is 0 Å². The molecule has 0 saturated heterocycles. The SMILES string of the molecule is COC(=O)c1cc(OCc2cccc(Br)c2)ccc1C(C)=O. The second-order valence-electron chi connectivity index (χ2n) is 4.67. The lowest BCUT2D eigenvalue weighted by Crippen LogP contribution is -2.09. The summed E-state index contributed by atoms with van der Waals surface area (Å²) < 4.78 is 11.4. The molecule has 0 bridgehead atoms. The molecule has 0 fully saturated rings. The number of hydrogen-bond donors (Lipinski definition) is 0. The number of esters is 1. The first-order chi connectivity index (χ1) is 10.5. The Morgan fingerprint density at radius 3 is 2.50 bits per heavy atom. The van der Waals surface area contributed by atoms with Crippen molar-refractivity contribution in [3.8, 4) is 5.75 Å². The number of methoxy groups -OCH3 is 1. The van der Waals surface area contributed by atoms with Crippen LogP contribution in [0.1, 0.15) is 33.2 Å². The van der Waals surface area contributed by atoms with E-state index in [2.05, 4.69) is 15.9 Å². The molecule has 0 amide bonds. The molecule has 0 unspecified atom stereocenters. The van der Waals surface area contributed by atoms with Crippen molar-refractivity contribution in [3.63, 3.8) is 0 Å². The molecule has 0 aliphatic rings. The molecule has 22 heavy (non-hydrogen) atoms. The summed E-state index contributed by atoms with van der Waals surface area (Å²) in [5.74, 6) is -0.248. The third kappa shape index (κ3) is 3.95. The van der Waals surface area contributed by atoms with E-state index in [9.17, 15) is 9.59 Å². The molecule has 0 aromatic heterocycles. The Labute approximate surface area is 137 Å². The van der Waals surface area contributed by atoms with Gasteiger partial charge in [-0.3, -0.25) is 4.79 Å². The molecule has 0 aliphatic carbocycles. The molecule has 114 valence electrons. The summed E-state index contributed by atoms with van der Waals surface area (Å²) in [6.45, 7) is 1.77. The zero-order chi connectivity index (χ0) is 16.1. The third-order valence-corrected chi connectivity index (χ3v) is 3.56. The number of ketones is 1. The number of carbonyl (C=O) groups is 2. The second-order valence-corrected chi connectivity index (χ2v) is 5.59. The quantitative estimate of drug-likeness (QED) is 0.595. The van der Waals surface area contributed by atoms with Gasteiger partial charge >= 0.3 is 5.97 Å². The standard InChI is InChI=1S/C17H15BrO4/c1-11(19)15-7-6-14(9-16(15)17(20)21-2)22-10-12-4-3-5-13(18)8-12/h3-9H,10H2,1-2H3. The number of carbonyl (C=O) groups excluding carboxylic acids is 2. The van der Waals surface area contributed by atoms with Crippen molar-refractivity contribution < 1.29 is 19.1 Å². The zero-order valence-corrected chi connectivity index (χ0v) is 13.8. The summed E-state index contributed by atoms with van der Waals surface area (Å²) in [4.78, 5) is 23.3. The van der Waals surface area contributed by atoms with Crippen molar-refractivity contribution in [1.82, 2.24) is 0 Å². The first-order valence-corrected chi connectivity index (χ1v) is 7.41. The Balaban J connectivity index is 2.21. The first-order valence-electron chi connectivity index (χ1n) is 6.62. The van der Waals surface area contributed by atoms with Gasteiger partial charge in [-0.05, 0) is 42.8 Å². The molecule has 0 atom stereocenters. The normalized spacial score (nSPS) is 10.1. The highest BCUT2D eigenvalue weighted by Gasteiger charge is 2.16. The van der Waals surface area contributed by atoms with Crippen molar-refractivity contribution in [3.05, 3.63) is 63.6 Å². The molecule has 5 heteroatoms. The number of rotatable bonds is 5. The van der Waals surface area contributed by atoms with Gasteiger partial charge in [-0.2, -0.15) is 0 Å². The largest absolute Gasteiger partial charge is 0.489 e. The Kier molecular flexibility index (Phi) is 5.33. The second kappa shape index (κ2) is 7.22. The van der Waals surface area contributed by atoms with Crippen LogP contribution >= 0.6 is 15.9 Å². The highest BCUT2D eigenvalue weighted by molar-refractivity contribution is 9.10. The van der Waals surface area contributed by atoms with E-state index < -0.39 is 5.97 Å². The molecule has 0 radical (unpaired) electrons. The average molecular weight is 363 g/mol. The summed E-state index contributed by atoms with van der Waals surface area (Å²) in [6.07, 6.45) is 0. The van der Waals surface area contributed by atoms with E-state index in [-0.39, 0.29) is 11.3 Å². The highest BCUT2D eigenvalue weighted by Crippen LogP contribution is 2.21. The van der Waals surface area contributed by atoms with Gasteiger partial charge in [-0.15, -0.1) is 0 Å². The highest BCUT2D eigenvalue weighted by atomic mass is 79.9. The Morgan fingerprint density at radius 1 is 1.09 bits per heavy atom. The molecule has 0 spiro atoms. The predicted molar refractivity (Wildman–Crippen MR) is 86.3 cm³/mol. The van der Waals surface area contributed by atoms with Crippen molar-refractivity contribution in [2.75, 3.05) is 7.11 Å². The van der Waals surface area contributed by atoms with Gasteiger partial charge in [-0.25, -0.2) is 4.79 Å².